The highest BCUT2D eigenvalue weighted by molar-refractivity contribution is 7.11. The van der Waals surface area contributed by atoms with E-state index in [0.717, 1.165) is 22.3 Å². The van der Waals surface area contributed by atoms with E-state index in [9.17, 15) is 0 Å². The number of aryl methyl sites for hydroxylation is 3. The van der Waals surface area contributed by atoms with E-state index in [1.54, 1.807) is 22.7 Å². The second kappa shape index (κ2) is 5.25. The average Bonchev–Trinajstić information content (AvgIpc) is 2.81. The van der Waals surface area contributed by atoms with Gasteiger partial charge < -0.3 is 5.32 Å². The van der Waals surface area contributed by atoms with Gasteiger partial charge in [-0.1, -0.05) is 0 Å². The molecule has 0 aliphatic heterocycles. The summed E-state index contributed by atoms with van der Waals surface area (Å²) in [5, 5.41) is 7.83. The lowest BCUT2D eigenvalue weighted by molar-refractivity contribution is 0.559. The van der Waals surface area contributed by atoms with Crippen molar-refractivity contribution in [1.29, 1.82) is 0 Å². The minimum absolute atomic E-state index is 0.282. The second-order valence-electron chi connectivity index (χ2n) is 4.16. The fraction of sp³-hybridized carbons (Fsp3) is 0.500. The molecule has 0 aliphatic carbocycles. The number of rotatable bonds is 4. The summed E-state index contributed by atoms with van der Waals surface area (Å²) in [7, 11) is 0. The van der Waals surface area contributed by atoms with Crippen LogP contribution in [-0.4, -0.2) is 9.97 Å². The fourth-order valence-corrected chi connectivity index (χ4v) is 3.40. The zero-order valence-electron chi connectivity index (χ0n) is 10.6. The fourth-order valence-electron chi connectivity index (χ4n) is 1.77. The number of hydrogen-bond donors (Lipinski definition) is 1. The summed E-state index contributed by atoms with van der Waals surface area (Å²) in [6.45, 7) is 9.18. The molecule has 0 spiro atoms. The second-order valence-corrected chi connectivity index (χ2v) is 6.51. The van der Waals surface area contributed by atoms with Gasteiger partial charge in [-0.15, -0.1) is 22.7 Å². The van der Waals surface area contributed by atoms with Crippen molar-refractivity contribution in [3.05, 3.63) is 31.7 Å². The van der Waals surface area contributed by atoms with Gasteiger partial charge >= 0.3 is 0 Å². The van der Waals surface area contributed by atoms with Crippen LogP contribution in [0.3, 0.4) is 0 Å². The largest absolute Gasteiger partial charge is 0.302 e. The first kappa shape index (κ1) is 12.7. The molecule has 0 saturated heterocycles. The predicted molar refractivity (Wildman–Crippen MR) is 73.7 cm³/mol. The SMILES string of the molecule is Cc1csc(CNC(C)c2nc(C)sc2C)n1. The summed E-state index contributed by atoms with van der Waals surface area (Å²) >= 11 is 3.46. The Morgan fingerprint density at radius 1 is 1.29 bits per heavy atom. The molecule has 0 radical (unpaired) electrons. The predicted octanol–water partition coefficient (Wildman–Crippen LogP) is 3.38. The Morgan fingerprint density at radius 2 is 2.06 bits per heavy atom. The van der Waals surface area contributed by atoms with Crippen molar-refractivity contribution < 1.29 is 0 Å². The van der Waals surface area contributed by atoms with Crippen molar-refractivity contribution in [1.82, 2.24) is 15.3 Å². The van der Waals surface area contributed by atoms with Gasteiger partial charge in [0.15, 0.2) is 0 Å². The van der Waals surface area contributed by atoms with Gasteiger partial charge in [-0.05, 0) is 27.7 Å². The molecule has 1 N–H and O–H groups in total. The Balaban J connectivity index is 1.97. The van der Waals surface area contributed by atoms with E-state index in [2.05, 4.69) is 41.4 Å². The molecule has 1 unspecified atom stereocenters. The summed E-state index contributed by atoms with van der Waals surface area (Å²) in [4.78, 5) is 10.3. The first-order valence-corrected chi connectivity index (χ1v) is 7.34. The average molecular weight is 267 g/mol. The van der Waals surface area contributed by atoms with E-state index < -0.39 is 0 Å². The highest BCUT2D eigenvalue weighted by Crippen LogP contribution is 2.22. The molecular weight excluding hydrogens is 250 g/mol. The molecule has 2 aromatic rings. The van der Waals surface area contributed by atoms with E-state index in [0.29, 0.717) is 0 Å². The monoisotopic (exact) mass is 267 g/mol. The summed E-state index contributed by atoms with van der Waals surface area (Å²) in [5.41, 5.74) is 2.26. The van der Waals surface area contributed by atoms with Gasteiger partial charge in [0, 0.05) is 28.5 Å². The third kappa shape index (κ3) is 3.12. The van der Waals surface area contributed by atoms with Crippen LogP contribution < -0.4 is 5.32 Å². The lowest BCUT2D eigenvalue weighted by Gasteiger charge is -2.11. The topological polar surface area (TPSA) is 37.8 Å². The molecule has 0 amide bonds. The van der Waals surface area contributed by atoms with Crippen LogP contribution in [0.25, 0.3) is 0 Å². The van der Waals surface area contributed by atoms with Crippen LogP contribution in [0.1, 0.15) is 39.2 Å². The highest BCUT2D eigenvalue weighted by Gasteiger charge is 2.12. The van der Waals surface area contributed by atoms with Crippen LogP contribution in [-0.2, 0) is 6.54 Å². The molecule has 0 aliphatic rings. The number of nitrogens with one attached hydrogen (secondary N) is 1. The molecule has 0 saturated carbocycles. The molecule has 2 aromatic heterocycles. The summed E-state index contributed by atoms with van der Waals surface area (Å²) in [6.07, 6.45) is 0. The van der Waals surface area contributed by atoms with E-state index in [4.69, 9.17) is 0 Å². The van der Waals surface area contributed by atoms with Gasteiger partial charge in [0.1, 0.15) is 5.01 Å². The lowest BCUT2D eigenvalue weighted by Crippen LogP contribution is -2.19. The molecule has 3 nitrogen and oxygen atoms in total. The normalized spacial score (nSPS) is 12.9. The number of aromatic nitrogens is 2. The number of thiazole rings is 2. The van der Waals surface area contributed by atoms with Crippen molar-refractivity contribution in [3.63, 3.8) is 0 Å². The lowest BCUT2D eigenvalue weighted by atomic mass is 10.2. The van der Waals surface area contributed by atoms with Crippen LogP contribution in [0.15, 0.2) is 5.38 Å². The van der Waals surface area contributed by atoms with Crippen LogP contribution in [0, 0.1) is 20.8 Å². The summed E-state index contributed by atoms with van der Waals surface area (Å²) < 4.78 is 0. The standard InChI is InChI=1S/C12H17N3S2/c1-7-6-16-11(14-7)5-13-8(2)12-9(3)17-10(4)15-12/h6,8,13H,5H2,1-4H3. The van der Waals surface area contributed by atoms with Crippen molar-refractivity contribution in [2.75, 3.05) is 0 Å². The smallest absolute Gasteiger partial charge is 0.107 e. The molecule has 92 valence electrons. The number of nitrogens with zero attached hydrogens (tertiary/aromatic N) is 2. The maximum absolute atomic E-state index is 4.57. The van der Waals surface area contributed by atoms with Crippen molar-refractivity contribution in [2.24, 2.45) is 0 Å². The number of hydrogen-bond acceptors (Lipinski definition) is 5. The minimum Gasteiger partial charge on any atom is -0.302 e. The highest BCUT2D eigenvalue weighted by atomic mass is 32.1. The molecule has 0 bridgehead atoms. The quantitative estimate of drug-likeness (QED) is 0.923. The van der Waals surface area contributed by atoms with Crippen molar-refractivity contribution in [3.8, 4) is 0 Å². The van der Waals surface area contributed by atoms with E-state index in [1.165, 1.54) is 10.6 Å². The van der Waals surface area contributed by atoms with Crippen molar-refractivity contribution >= 4 is 22.7 Å². The van der Waals surface area contributed by atoms with Crippen LogP contribution in [0.2, 0.25) is 0 Å². The Morgan fingerprint density at radius 3 is 2.59 bits per heavy atom. The third-order valence-corrected chi connectivity index (χ3v) is 4.44. The Bertz CT molecular complexity index is 502. The van der Waals surface area contributed by atoms with Gasteiger partial charge in [0.2, 0.25) is 0 Å². The summed E-state index contributed by atoms with van der Waals surface area (Å²) in [5.74, 6) is 0. The molecule has 17 heavy (non-hydrogen) atoms. The molecule has 5 heteroatoms. The maximum atomic E-state index is 4.57. The maximum Gasteiger partial charge on any atom is 0.107 e. The van der Waals surface area contributed by atoms with Gasteiger partial charge in [0.05, 0.1) is 10.7 Å². The Kier molecular flexibility index (Phi) is 3.91. The van der Waals surface area contributed by atoms with Gasteiger partial charge in [-0.2, -0.15) is 0 Å². The molecular formula is C12H17N3S2. The van der Waals surface area contributed by atoms with Gasteiger partial charge in [-0.25, -0.2) is 9.97 Å². The van der Waals surface area contributed by atoms with Crippen LogP contribution in [0.4, 0.5) is 0 Å². The minimum atomic E-state index is 0.282. The zero-order valence-corrected chi connectivity index (χ0v) is 12.2. The van der Waals surface area contributed by atoms with E-state index in [1.807, 2.05) is 6.92 Å². The third-order valence-electron chi connectivity index (χ3n) is 2.58. The molecule has 0 fully saturated rings. The molecule has 2 heterocycles. The molecule has 2 rings (SSSR count). The van der Waals surface area contributed by atoms with Gasteiger partial charge in [0.25, 0.3) is 0 Å². The van der Waals surface area contributed by atoms with E-state index >= 15 is 0 Å². The van der Waals surface area contributed by atoms with Gasteiger partial charge in [-0.3, -0.25) is 0 Å². The Hall–Kier alpha value is -0.780. The van der Waals surface area contributed by atoms with Crippen LogP contribution in [0.5, 0.6) is 0 Å². The molecule has 1 atom stereocenters. The molecule has 0 aromatic carbocycles. The van der Waals surface area contributed by atoms with Crippen LogP contribution >= 0.6 is 22.7 Å². The summed E-state index contributed by atoms with van der Waals surface area (Å²) in [6, 6.07) is 0.282. The Labute approximate surface area is 110 Å². The van der Waals surface area contributed by atoms with Crippen molar-refractivity contribution in [2.45, 2.75) is 40.3 Å². The first-order chi connectivity index (χ1) is 8.06. The first-order valence-electron chi connectivity index (χ1n) is 5.64. The zero-order chi connectivity index (χ0) is 12.4. The van der Waals surface area contributed by atoms with E-state index in [-0.39, 0.29) is 6.04 Å².